The van der Waals surface area contributed by atoms with Crippen molar-refractivity contribution in [2.45, 2.75) is 13.8 Å². The summed E-state index contributed by atoms with van der Waals surface area (Å²) in [6, 6.07) is 7.59. The fraction of sp³-hybridized carbons (Fsp3) is 0.167. The lowest BCUT2D eigenvalue weighted by molar-refractivity contribution is 0.865. The maximum atomic E-state index is 8.98. The van der Waals surface area contributed by atoms with Crippen molar-refractivity contribution >= 4 is 17.4 Å². The van der Waals surface area contributed by atoms with Gasteiger partial charge in [-0.2, -0.15) is 10.4 Å². The molecule has 1 aromatic heterocycles. The zero-order valence-corrected chi connectivity index (χ0v) is 10.3. The van der Waals surface area contributed by atoms with Gasteiger partial charge in [0, 0.05) is 0 Å². The van der Waals surface area contributed by atoms with Crippen molar-refractivity contribution in [3.63, 3.8) is 0 Å². The number of hydrogen-bond donors (Lipinski definition) is 1. The Hall–Kier alpha value is -1.99. The Balaban J connectivity index is 2.75. The Morgan fingerprint density at radius 2 is 2.12 bits per heavy atom. The highest BCUT2D eigenvalue weighted by Crippen LogP contribution is 2.28. The number of nitriles is 1. The lowest BCUT2D eigenvalue weighted by Gasteiger charge is -2.09. The number of para-hydroxylation sites is 1. The van der Waals surface area contributed by atoms with Gasteiger partial charge >= 0.3 is 0 Å². The van der Waals surface area contributed by atoms with Crippen LogP contribution < -0.4 is 5.73 Å². The van der Waals surface area contributed by atoms with Crippen molar-refractivity contribution in [3.8, 4) is 11.8 Å². The standard InChI is InChI=1S/C12H11ClN4/c1-7-4-3-5-10(13)11(7)17-12(15)9(6-14)8(2)16-17/h3-5H,15H2,1-2H3. The van der Waals surface area contributed by atoms with Crippen LogP contribution >= 0.6 is 11.6 Å². The van der Waals surface area contributed by atoms with E-state index in [2.05, 4.69) is 5.10 Å². The molecule has 0 bridgehead atoms. The van der Waals surface area contributed by atoms with Gasteiger partial charge in [0.1, 0.15) is 17.5 Å². The molecule has 0 radical (unpaired) electrons. The van der Waals surface area contributed by atoms with Crippen LogP contribution in [-0.4, -0.2) is 9.78 Å². The van der Waals surface area contributed by atoms with Crippen LogP contribution in [0.1, 0.15) is 16.8 Å². The van der Waals surface area contributed by atoms with Gasteiger partial charge in [0.15, 0.2) is 0 Å². The fourth-order valence-electron chi connectivity index (χ4n) is 1.75. The molecule has 0 aliphatic carbocycles. The van der Waals surface area contributed by atoms with Gasteiger partial charge in [0.2, 0.25) is 0 Å². The quantitative estimate of drug-likeness (QED) is 0.841. The molecule has 4 nitrogen and oxygen atoms in total. The zero-order valence-electron chi connectivity index (χ0n) is 9.53. The lowest BCUT2D eigenvalue weighted by atomic mass is 10.2. The van der Waals surface area contributed by atoms with Crippen LogP contribution in [0.3, 0.4) is 0 Å². The average Bonchev–Trinajstić information content (AvgIpc) is 2.54. The molecule has 0 spiro atoms. The topological polar surface area (TPSA) is 67.6 Å². The van der Waals surface area contributed by atoms with Crippen LogP contribution in [0.2, 0.25) is 5.02 Å². The molecule has 0 saturated heterocycles. The molecule has 17 heavy (non-hydrogen) atoms. The van der Waals surface area contributed by atoms with E-state index in [0.29, 0.717) is 22.1 Å². The van der Waals surface area contributed by atoms with Gasteiger partial charge in [0.25, 0.3) is 0 Å². The van der Waals surface area contributed by atoms with E-state index in [1.165, 1.54) is 4.68 Å². The van der Waals surface area contributed by atoms with Crippen molar-refractivity contribution in [3.05, 3.63) is 40.0 Å². The number of anilines is 1. The van der Waals surface area contributed by atoms with E-state index in [1.807, 2.05) is 25.1 Å². The van der Waals surface area contributed by atoms with Gasteiger partial charge in [-0.05, 0) is 25.5 Å². The third-order valence-corrected chi connectivity index (χ3v) is 2.91. The van der Waals surface area contributed by atoms with Crippen LogP contribution in [0.15, 0.2) is 18.2 Å². The van der Waals surface area contributed by atoms with Crippen molar-refractivity contribution in [2.75, 3.05) is 5.73 Å². The highest BCUT2D eigenvalue weighted by atomic mass is 35.5. The summed E-state index contributed by atoms with van der Waals surface area (Å²) in [5, 5.41) is 13.8. The Kier molecular flexibility index (Phi) is 2.78. The number of halogens is 1. The van der Waals surface area contributed by atoms with Crippen LogP contribution in [0.4, 0.5) is 5.82 Å². The molecule has 86 valence electrons. The first-order chi connectivity index (χ1) is 8.06. The summed E-state index contributed by atoms with van der Waals surface area (Å²) in [5.41, 5.74) is 8.57. The molecule has 1 aromatic carbocycles. The van der Waals surface area contributed by atoms with E-state index >= 15 is 0 Å². The number of hydrogen-bond acceptors (Lipinski definition) is 3. The smallest absolute Gasteiger partial charge is 0.145 e. The van der Waals surface area contributed by atoms with Crippen molar-refractivity contribution in [1.29, 1.82) is 5.26 Å². The molecule has 0 amide bonds. The second-order valence-electron chi connectivity index (χ2n) is 3.77. The van der Waals surface area contributed by atoms with Gasteiger partial charge in [-0.15, -0.1) is 0 Å². The Morgan fingerprint density at radius 1 is 1.41 bits per heavy atom. The monoisotopic (exact) mass is 246 g/mol. The first kappa shape index (κ1) is 11.5. The van der Waals surface area contributed by atoms with E-state index in [-0.39, 0.29) is 0 Å². The van der Waals surface area contributed by atoms with E-state index in [1.54, 1.807) is 13.0 Å². The van der Waals surface area contributed by atoms with Crippen LogP contribution in [-0.2, 0) is 0 Å². The normalized spacial score (nSPS) is 10.2. The largest absolute Gasteiger partial charge is 0.382 e. The molecular formula is C12H11ClN4. The lowest BCUT2D eigenvalue weighted by Crippen LogP contribution is -2.05. The summed E-state index contributed by atoms with van der Waals surface area (Å²) in [5.74, 6) is 0.321. The second kappa shape index (κ2) is 4.11. The average molecular weight is 247 g/mol. The first-order valence-electron chi connectivity index (χ1n) is 5.07. The summed E-state index contributed by atoms with van der Waals surface area (Å²) in [6.07, 6.45) is 0. The number of aromatic nitrogens is 2. The minimum atomic E-state index is 0.321. The number of nitrogens with two attached hydrogens (primary N) is 1. The molecule has 0 aliphatic heterocycles. The molecule has 0 atom stereocenters. The number of aryl methyl sites for hydroxylation is 2. The highest BCUT2D eigenvalue weighted by molar-refractivity contribution is 6.32. The predicted octanol–water partition coefficient (Wildman–Crippen LogP) is 2.60. The van der Waals surface area contributed by atoms with Gasteiger partial charge in [-0.25, -0.2) is 4.68 Å². The maximum Gasteiger partial charge on any atom is 0.145 e. The number of benzene rings is 1. The van der Waals surface area contributed by atoms with Crippen molar-refractivity contribution in [1.82, 2.24) is 9.78 Å². The van der Waals surface area contributed by atoms with E-state index in [9.17, 15) is 0 Å². The van der Waals surface area contributed by atoms with Crippen LogP contribution in [0.5, 0.6) is 0 Å². The summed E-state index contributed by atoms with van der Waals surface area (Å²) >= 11 is 6.14. The molecule has 0 unspecified atom stereocenters. The molecule has 0 saturated carbocycles. The minimum absolute atomic E-state index is 0.321. The fourth-order valence-corrected chi connectivity index (χ4v) is 2.05. The Labute approximate surface area is 104 Å². The summed E-state index contributed by atoms with van der Waals surface area (Å²) in [7, 11) is 0. The van der Waals surface area contributed by atoms with E-state index in [4.69, 9.17) is 22.6 Å². The molecule has 2 aromatic rings. The van der Waals surface area contributed by atoms with Crippen LogP contribution in [0, 0.1) is 25.2 Å². The highest BCUT2D eigenvalue weighted by Gasteiger charge is 2.16. The van der Waals surface area contributed by atoms with E-state index in [0.717, 1.165) is 11.3 Å². The van der Waals surface area contributed by atoms with Crippen LogP contribution in [0.25, 0.3) is 5.69 Å². The van der Waals surface area contributed by atoms with Crippen molar-refractivity contribution in [2.24, 2.45) is 0 Å². The molecule has 2 rings (SSSR count). The summed E-state index contributed by atoms with van der Waals surface area (Å²) in [4.78, 5) is 0. The molecule has 1 heterocycles. The molecule has 2 N–H and O–H groups in total. The van der Waals surface area contributed by atoms with E-state index < -0.39 is 0 Å². The number of nitrogen functional groups attached to an aromatic ring is 1. The SMILES string of the molecule is Cc1cccc(Cl)c1-n1nc(C)c(C#N)c1N. The van der Waals surface area contributed by atoms with Gasteiger partial charge in [-0.1, -0.05) is 23.7 Å². The predicted molar refractivity (Wildman–Crippen MR) is 67.2 cm³/mol. The molecule has 5 heteroatoms. The minimum Gasteiger partial charge on any atom is -0.382 e. The van der Waals surface area contributed by atoms with Gasteiger partial charge in [0.05, 0.1) is 16.4 Å². The maximum absolute atomic E-state index is 8.98. The summed E-state index contributed by atoms with van der Waals surface area (Å²) in [6.45, 7) is 3.67. The third kappa shape index (κ3) is 1.75. The third-order valence-electron chi connectivity index (χ3n) is 2.61. The van der Waals surface area contributed by atoms with Crippen molar-refractivity contribution < 1.29 is 0 Å². The first-order valence-corrected chi connectivity index (χ1v) is 5.44. The molecule has 0 aliphatic rings. The Morgan fingerprint density at radius 3 is 2.65 bits per heavy atom. The molecule has 0 fully saturated rings. The van der Waals surface area contributed by atoms with Gasteiger partial charge < -0.3 is 5.73 Å². The Bertz CT molecular complexity index is 602. The van der Waals surface area contributed by atoms with Gasteiger partial charge in [-0.3, -0.25) is 0 Å². The number of rotatable bonds is 1. The second-order valence-corrected chi connectivity index (χ2v) is 4.18. The molecular weight excluding hydrogens is 236 g/mol. The summed E-state index contributed by atoms with van der Waals surface area (Å²) < 4.78 is 1.52. The zero-order chi connectivity index (χ0) is 12.6. The number of nitrogens with zero attached hydrogens (tertiary/aromatic N) is 3.